The molecule has 0 saturated carbocycles. The van der Waals surface area contributed by atoms with Gasteiger partial charge in [0, 0.05) is 31.9 Å². The minimum Gasteiger partial charge on any atom is -0.454 e. The molecule has 286 valence electrons. The van der Waals surface area contributed by atoms with E-state index in [0.29, 0.717) is 0 Å². The van der Waals surface area contributed by atoms with Gasteiger partial charge in [0.1, 0.15) is 11.1 Å². The fraction of sp³-hybridized carbons (Fsp3) is 0.0179. The largest absolute Gasteiger partial charge is 0.454 e. The van der Waals surface area contributed by atoms with Crippen LogP contribution in [0.5, 0.6) is 0 Å². The molecule has 2 aromatic heterocycles. The number of rotatable bonds is 5. The average Bonchev–Trinajstić information content (AvgIpc) is 4.03. The molecule has 0 saturated heterocycles. The summed E-state index contributed by atoms with van der Waals surface area (Å²) < 4.78 is 12.7. The van der Waals surface area contributed by atoms with Crippen molar-refractivity contribution >= 4 is 61.9 Å². The Bertz CT molecular complexity index is 3480. The van der Waals surface area contributed by atoms with Gasteiger partial charge in [-0.05, 0) is 116 Å². The van der Waals surface area contributed by atoms with Gasteiger partial charge in [0.05, 0.1) is 11.1 Å². The van der Waals surface area contributed by atoms with Crippen LogP contribution < -0.4 is 4.90 Å². The Morgan fingerprint density at radius 3 is 1.92 bits per heavy atom. The third-order valence-corrected chi connectivity index (χ3v) is 13.8. The summed E-state index contributed by atoms with van der Waals surface area (Å²) in [6.45, 7) is 0. The first-order valence-corrected chi connectivity index (χ1v) is 21.4. The third kappa shape index (κ3) is 5.05. The molecule has 11 aromatic rings. The van der Waals surface area contributed by atoms with Crippen molar-refractivity contribution in [1.29, 1.82) is 0 Å². The molecule has 61 heavy (non-hydrogen) atoms. The number of nitrogens with zero attached hydrogens (tertiary/aromatic N) is 2. The van der Waals surface area contributed by atoms with Crippen LogP contribution in [0.4, 0.5) is 17.1 Å². The van der Waals surface area contributed by atoms with Crippen LogP contribution in [-0.4, -0.2) is 4.98 Å². The molecule has 3 heterocycles. The Morgan fingerprint density at radius 2 is 1.10 bits per heavy atom. The van der Waals surface area contributed by atoms with Crippen molar-refractivity contribution in [2.75, 3.05) is 4.90 Å². The molecule has 0 unspecified atom stereocenters. The van der Waals surface area contributed by atoms with Crippen molar-refractivity contribution in [1.82, 2.24) is 4.98 Å². The molecule has 0 atom stereocenters. The summed E-state index contributed by atoms with van der Waals surface area (Å²) in [6, 6.07) is 72.6. The second-order valence-electron chi connectivity index (χ2n) is 15.9. The minimum absolute atomic E-state index is 0.462. The Labute approximate surface area is 356 Å². The Balaban J connectivity index is 1.08. The predicted molar refractivity (Wildman–Crippen MR) is 248 cm³/mol. The van der Waals surface area contributed by atoms with E-state index in [-0.39, 0.29) is 0 Å². The summed E-state index contributed by atoms with van der Waals surface area (Å²) in [5, 5.41) is 2.12. The maximum absolute atomic E-state index is 6.89. The van der Waals surface area contributed by atoms with E-state index < -0.39 is 5.41 Å². The number of para-hydroxylation sites is 1. The molecule has 4 nitrogen and oxygen atoms in total. The molecule has 0 N–H and O–H groups in total. The monoisotopic (exact) mass is 798 g/mol. The Kier molecular flexibility index (Phi) is 7.42. The third-order valence-electron chi connectivity index (χ3n) is 12.7. The van der Waals surface area contributed by atoms with Gasteiger partial charge in [0.25, 0.3) is 0 Å². The minimum atomic E-state index is -0.462. The molecule has 0 amide bonds. The SMILES string of the molecule is c1ccc(-c2ccc(N(c3ccc4c(c3)Sc3ccccc3C43c4ccccc4-c4ccccc43)c3cc(-c4ccc5ncoc5c4)cc4c3oc3ccccc34)cc2)cc1. The lowest BCUT2D eigenvalue weighted by atomic mass is 9.67. The van der Waals surface area contributed by atoms with E-state index in [9.17, 15) is 0 Å². The van der Waals surface area contributed by atoms with Gasteiger partial charge in [-0.2, -0.15) is 0 Å². The topological polar surface area (TPSA) is 42.4 Å². The van der Waals surface area contributed by atoms with E-state index in [2.05, 4.69) is 198 Å². The molecule has 1 aliphatic carbocycles. The highest BCUT2D eigenvalue weighted by atomic mass is 32.2. The van der Waals surface area contributed by atoms with Gasteiger partial charge in [-0.15, -0.1) is 0 Å². The maximum Gasteiger partial charge on any atom is 0.181 e. The van der Waals surface area contributed by atoms with Gasteiger partial charge in [0.15, 0.2) is 17.6 Å². The lowest BCUT2D eigenvalue weighted by Gasteiger charge is -2.40. The van der Waals surface area contributed by atoms with Crippen LogP contribution in [0.1, 0.15) is 22.3 Å². The van der Waals surface area contributed by atoms with E-state index in [4.69, 9.17) is 8.83 Å². The number of anilines is 3. The zero-order valence-corrected chi connectivity index (χ0v) is 33.6. The summed E-state index contributed by atoms with van der Waals surface area (Å²) in [4.78, 5) is 9.26. The van der Waals surface area contributed by atoms with E-state index in [1.54, 1.807) is 0 Å². The fourth-order valence-electron chi connectivity index (χ4n) is 10.0. The summed E-state index contributed by atoms with van der Waals surface area (Å²) in [5.74, 6) is 0. The van der Waals surface area contributed by atoms with E-state index >= 15 is 0 Å². The molecule has 9 aromatic carbocycles. The van der Waals surface area contributed by atoms with Gasteiger partial charge in [-0.3, -0.25) is 0 Å². The first-order chi connectivity index (χ1) is 30.2. The highest BCUT2D eigenvalue weighted by molar-refractivity contribution is 7.99. The van der Waals surface area contributed by atoms with Gasteiger partial charge in [0.2, 0.25) is 0 Å². The number of furan rings is 1. The molecular formula is C56H34N2O2S. The molecule has 1 spiro atoms. The first kappa shape index (κ1) is 34.3. The van der Waals surface area contributed by atoms with Crippen molar-refractivity contribution in [2.45, 2.75) is 15.2 Å². The van der Waals surface area contributed by atoms with Crippen LogP contribution in [0.15, 0.2) is 225 Å². The first-order valence-electron chi connectivity index (χ1n) is 20.6. The van der Waals surface area contributed by atoms with E-state index in [1.807, 2.05) is 23.9 Å². The number of oxazole rings is 1. The van der Waals surface area contributed by atoms with Crippen LogP contribution in [0.25, 0.3) is 66.4 Å². The van der Waals surface area contributed by atoms with Gasteiger partial charge in [-0.1, -0.05) is 151 Å². The smallest absolute Gasteiger partial charge is 0.181 e. The normalized spacial score (nSPS) is 13.3. The highest BCUT2D eigenvalue weighted by Gasteiger charge is 2.50. The highest BCUT2D eigenvalue weighted by Crippen LogP contribution is 2.62. The molecule has 0 bridgehead atoms. The second-order valence-corrected chi connectivity index (χ2v) is 17.0. The number of hydrogen-bond acceptors (Lipinski definition) is 5. The molecule has 2 aliphatic rings. The van der Waals surface area contributed by atoms with Crippen LogP contribution >= 0.6 is 11.8 Å². The number of fused-ring (bicyclic) bond motifs is 13. The van der Waals surface area contributed by atoms with Crippen LogP contribution in [-0.2, 0) is 5.41 Å². The zero-order valence-electron chi connectivity index (χ0n) is 32.7. The quantitative estimate of drug-likeness (QED) is 0.173. The summed E-state index contributed by atoms with van der Waals surface area (Å²) >= 11 is 1.86. The summed E-state index contributed by atoms with van der Waals surface area (Å²) in [5.41, 5.74) is 18.1. The number of hydrogen-bond donors (Lipinski definition) is 0. The van der Waals surface area contributed by atoms with Crippen molar-refractivity contribution in [2.24, 2.45) is 0 Å². The van der Waals surface area contributed by atoms with Crippen molar-refractivity contribution < 1.29 is 8.83 Å². The van der Waals surface area contributed by atoms with E-state index in [0.717, 1.165) is 66.8 Å². The van der Waals surface area contributed by atoms with E-state index in [1.165, 1.54) is 55.1 Å². The van der Waals surface area contributed by atoms with Crippen LogP contribution in [0.3, 0.4) is 0 Å². The molecule has 5 heteroatoms. The Morgan fingerprint density at radius 1 is 0.443 bits per heavy atom. The van der Waals surface area contributed by atoms with Crippen LogP contribution in [0, 0.1) is 0 Å². The van der Waals surface area contributed by atoms with Crippen molar-refractivity contribution in [3.63, 3.8) is 0 Å². The summed E-state index contributed by atoms with van der Waals surface area (Å²) in [7, 11) is 0. The Hall–Kier alpha value is -7.60. The number of aromatic nitrogens is 1. The van der Waals surface area contributed by atoms with Gasteiger partial charge >= 0.3 is 0 Å². The lowest BCUT2D eigenvalue weighted by molar-refractivity contribution is 0.602. The zero-order chi connectivity index (χ0) is 40.1. The summed E-state index contributed by atoms with van der Waals surface area (Å²) in [6.07, 6.45) is 1.51. The molecular weight excluding hydrogens is 765 g/mol. The maximum atomic E-state index is 6.89. The van der Waals surface area contributed by atoms with Crippen molar-refractivity contribution in [3.05, 3.63) is 229 Å². The molecule has 1 aliphatic heterocycles. The predicted octanol–water partition coefficient (Wildman–Crippen LogP) is 15.4. The molecule has 0 fully saturated rings. The molecule has 13 rings (SSSR count). The molecule has 0 radical (unpaired) electrons. The van der Waals surface area contributed by atoms with Gasteiger partial charge in [-0.25, -0.2) is 4.98 Å². The number of benzene rings is 9. The van der Waals surface area contributed by atoms with Gasteiger partial charge < -0.3 is 13.7 Å². The van der Waals surface area contributed by atoms with Crippen LogP contribution in [0.2, 0.25) is 0 Å². The standard InChI is InChI=1S/C56H34N2O2S/c1-2-12-35(13-3-1)36-22-25-39(26-23-36)58(50-31-38(37-24-29-49-52(32-37)59-34-57-49)30-44-43-16-6-10-20-51(43)60-55(44)50)40-27-28-48-54(33-40)61-53-21-11-9-19-47(53)56(48)45-17-7-4-14-41(45)42-15-5-8-18-46(42)56/h1-34H. The van der Waals surface area contributed by atoms with Crippen molar-refractivity contribution in [3.8, 4) is 33.4 Å². The fourth-order valence-corrected chi connectivity index (χ4v) is 11.3. The average molecular weight is 799 g/mol. The second kappa shape index (κ2) is 13.2. The lowest BCUT2D eigenvalue weighted by Crippen LogP contribution is -2.32.